The van der Waals surface area contributed by atoms with Crippen LogP contribution < -0.4 is 4.74 Å². The molecule has 1 atom stereocenters. The lowest BCUT2D eigenvalue weighted by molar-refractivity contribution is 0.0714. The van der Waals surface area contributed by atoms with Gasteiger partial charge in [0, 0.05) is 5.02 Å². The average Bonchev–Trinajstić information content (AvgIpc) is 2.92. The summed E-state index contributed by atoms with van der Waals surface area (Å²) in [6, 6.07) is 14.1. The largest absolute Gasteiger partial charge is 0.481 e. The number of rotatable bonds is 3. The summed E-state index contributed by atoms with van der Waals surface area (Å²) in [6.07, 6.45) is -0.684. The SMILES string of the molecule is C[C@@H](Oc1ccc(Cl)cc1)C(=O)n1nnc2ccccc21. The number of ether oxygens (including phenoxy) is 1. The Morgan fingerprint density at radius 3 is 2.67 bits per heavy atom. The maximum atomic E-state index is 12.4. The molecule has 0 spiro atoms. The molecule has 21 heavy (non-hydrogen) atoms. The van der Waals surface area contributed by atoms with Gasteiger partial charge in [0.15, 0.2) is 6.10 Å². The Bertz CT molecular complexity index is 783. The highest BCUT2D eigenvalue weighted by Crippen LogP contribution is 2.18. The first-order valence-corrected chi connectivity index (χ1v) is 6.80. The topological polar surface area (TPSA) is 57.0 Å². The predicted octanol–water partition coefficient (Wildman–Crippen LogP) is 3.19. The average molecular weight is 302 g/mol. The first-order chi connectivity index (χ1) is 10.1. The maximum absolute atomic E-state index is 12.4. The molecule has 3 aromatic rings. The number of carbonyl (C=O) groups is 1. The molecule has 0 radical (unpaired) electrons. The Balaban J connectivity index is 1.82. The molecule has 1 aromatic heterocycles. The Labute approximate surface area is 126 Å². The molecule has 0 aliphatic heterocycles. The molecule has 0 aliphatic carbocycles. The van der Waals surface area contributed by atoms with E-state index in [2.05, 4.69) is 10.3 Å². The number of hydrogen-bond acceptors (Lipinski definition) is 4. The summed E-state index contributed by atoms with van der Waals surface area (Å²) in [5.41, 5.74) is 1.33. The van der Waals surface area contributed by atoms with Crippen LogP contribution in [0.1, 0.15) is 11.7 Å². The van der Waals surface area contributed by atoms with Gasteiger partial charge < -0.3 is 4.74 Å². The van der Waals surface area contributed by atoms with Crippen LogP contribution in [0.3, 0.4) is 0 Å². The van der Waals surface area contributed by atoms with Crippen molar-refractivity contribution in [3.05, 3.63) is 53.6 Å². The van der Waals surface area contributed by atoms with Gasteiger partial charge in [-0.1, -0.05) is 28.9 Å². The number of benzene rings is 2. The van der Waals surface area contributed by atoms with E-state index in [9.17, 15) is 4.79 Å². The molecular formula is C15H12ClN3O2. The van der Waals surface area contributed by atoms with E-state index in [1.54, 1.807) is 43.3 Å². The maximum Gasteiger partial charge on any atom is 0.289 e. The minimum absolute atomic E-state index is 0.279. The van der Waals surface area contributed by atoms with Gasteiger partial charge in [-0.05, 0) is 43.3 Å². The predicted molar refractivity (Wildman–Crippen MR) is 79.7 cm³/mol. The third-order valence-corrected chi connectivity index (χ3v) is 3.29. The lowest BCUT2D eigenvalue weighted by atomic mass is 10.3. The highest BCUT2D eigenvalue weighted by atomic mass is 35.5. The third-order valence-electron chi connectivity index (χ3n) is 3.03. The Kier molecular flexibility index (Phi) is 3.58. The molecule has 0 bridgehead atoms. The van der Waals surface area contributed by atoms with Crippen molar-refractivity contribution in [1.29, 1.82) is 0 Å². The van der Waals surface area contributed by atoms with Crippen LogP contribution in [0.5, 0.6) is 5.75 Å². The summed E-state index contributed by atoms with van der Waals surface area (Å²) in [5, 5.41) is 8.46. The van der Waals surface area contributed by atoms with Crippen LogP contribution in [-0.2, 0) is 0 Å². The monoisotopic (exact) mass is 301 g/mol. The first kappa shape index (κ1) is 13.6. The molecule has 106 valence electrons. The quantitative estimate of drug-likeness (QED) is 0.745. The molecule has 0 N–H and O–H groups in total. The Morgan fingerprint density at radius 2 is 1.90 bits per heavy atom. The zero-order valence-corrected chi connectivity index (χ0v) is 12.0. The Hall–Kier alpha value is -2.40. The highest BCUT2D eigenvalue weighted by molar-refractivity contribution is 6.30. The molecule has 2 aromatic carbocycles. The fourth-order valence-electron chi connectivity index (χ4n) is 1.97. The molecule has 0 saturated carbocycles. The zero-order valence-electron chi connectivity index (χ0n) is 11.2. The normalized spacial score (nSPS) is 12.3. The lowest BCUT2D eigenvalue weighted by Crippen LogP contribution is -2.30. The van der Waals surface area contributed by atoms with E-state index in [4.69, 9.17) is 16.3 Å². The van der Waals surface area contributed by atoms with Crippen molar-refractivity contribution >= 4 is 28.5 Å². The molecular weight excluding hydrogens is 290 g/mol. The molecule has 3 rings (SSSR count). The zero-order chi connectivity index (χ0) is 14.8. The fraction of sp³-hybridized carbons (Fsp3) is 0.133. The van der Waals surface area contributed by atoms with Crippen molar-refractivity contribution < 1.29 is 9.53 Å². The van der Waals surface area contributed by atoms with Gasteiger partial charge in [0.05, 0.1) is 5.52 Å². The molecule has 0 fully saturated rings. The Morgan fingerprint density at radius 1 is 1.19 bits per heavy atom. The van der Waals surface area contributed by atoms with Crippen LogP contribution in [0.2, 0.25) is 5.02 Å². The van der Waals surface area contributed by atoms with Gasteiger partial charge in [-0.3, -0.25) is 4.79 Å². The first-order valence-electron chi connectivity index (χ1n) is 6.42. The van der Waals surface area contributed by atoms with E-state index >= 15 is 0 Å². The van der Waals surface area contributed by atoms with Gasteiger partial charge in [0.2, 0.25) is 0 Å². The summed E-state index contributed by atoms with van der Waals surface area (Å²) in [7, 11) is 0. The number of halogens is 1. The van der Waals surface area contributed by atoms with E-state index < -0.39 is 6.10 Å². The molecule has 5 nitrogen and oxygen atoms in total. The number of carbonyl (C=O) groups excluding carboxylic acids is 1. The van der Waals surface area contributed by atoms with Crippen LogP contribution in [0.25, 0.3) is 11.0 Å². The molecule has 0 saturated heterocycles. The summed E-state index contributed by atoms with van der Waals surface area (Å²) in [5.74, 6) is 0.295. The van der Waals surface area contributed by atoms with E-state index in [1.807, 2.05) is 12.1 Å². The van der Waals surface area contributed by atoms with E-state index in [-0.39, 0.29) is 5.91 Å². The van der Waals surface area contributed by atoms with Crippen LogP contribution in [0.4, 0.5) is 0 Å². The van der Waals surface area contributed by atoms with Crippen LogP contribution in [0, 0.1) is 0 Å². The minimum Gasteiger partial charge on any atom is -0.481 e. The standard InChI is InChI=1S/C15H12ClN3O2/c1-10(21-12-8-6-11(16)7-9-12)15(20)19-14-5-3-2-4-13(14)17-18-19/h2-10H,1H3/t10-/m1/s1. The van der Waals surface area contributed by atoms with Crippen molar-refractivity contribution in [3.63, 3.8) is 0 Å². The van der Waals surface area contributed by atoms with Gasteiger partial charge >= 0.3 is 0 Å². The van der Waals surface area contributed by atoms with Gasteiger partial charge in [0.25, 0.3) is 5.91 Å². The molecule has 0 unspecified atom stereocenters. The van der Waals surface area contributed by atoms with Crippen molar-refractivity contribution in [2.24, 2.45) is 0 Å². The minimum atomic E-state index is -0.684. The van der Waals surface area contributed by atoms with E-state index in [0.717, 1.165) is 0 Å². The lowest BCUT2D eigenvalue weighted by Gasteiger charge is -2.13. The highest BCUT2D eigenvalue weighted by Gasteiger charge is 2.20. The number of fused-ring (bicyclic) bond motifs is 1. The van der Waals surface area contributed by atoms with Gasteiger partial charge in [-0.15, -0.1) is 5.10 Å². The fourth-order valence-corrected chi connectivity index (χ4v) is 2.10. The van der Waals surface area contributed by atoms with Crippen LogP contribution in [-0.4, -0.2) is 27.0 Å². The summed E-state index contributed by atoms with van der Waals surface area (Å²) < 4.78 is 6.87. The smallest absolute Gasteiger partial charge is 0.289 e. The van der Waals surface area contributed by atoms with Gasteiger partial charge in [0.1, 0.15) is 11.3 Å². The van der Waals surface area contributed by atoms with Gasteiger partial charge in [-0.25, -0.2) is 0 Å². The third kappa shape index (κ3) is 2.73. The number of hydrogen-bond donors (Lipinski definition) is 0. The van der Waals surface area contributed by atoms with Crippen LogP contribution >= 0.6 is 11.6 Å². The van der Waals surface area contributed by atoms with Crippen LogP contribution in [0.15, 0.2) is 48.5 Å². The summed E-state index contributed by atoms with van der Waals surface area (Å²) in [6.45, 7) is 1.67. The second kappa shape index (κ2) is 5.54. The van der Waals surface area contributed by atoms with E-state index in [1.165, 1.54) is 4.68 Å². The molecule has 6 heteroatoms. The number of nitrogens with zero attached hydrogens (tertiary/aromatic N) is 3. The summed E-state index contributed by atoms with van der Waals surface area (Å²) >= 11 is 5.81. The summed E-state index contributed by atoms with van der Waals surface area (Å²) in [4.78, 5) is 12.4. The van der Waals surface area contributed by atoms with Crippen molar-refractivity contribution in [2.45, 2.75) is 13.0 Å². The number of para-hydroxylation sites is 1. The van der Waals surface area contributed by atoms with Gasteiger partial charge in [-0.2, -0.15) is 4.68 Å². The molecule has 0 amide bonds. The molecule has 1 heterocycles. The van der Waals surface area contributed by atoms with Crippen molar-refractivity contribution in [1.82, 2.24) is 15.0 Å². The molecule has 0 aliphatic rings. The second-order valence-electron chi connectivity index (χ2n) is 4.54. The number of aromatic nitrogens is 3. The van der Waals surface area contributed by atoms with E-state index in [0.29, 0.717) is 21.8 Å². The van der Waals surface area contributed by atoms with Crippen molar-refractivity contribution in [3.8, 4) is 5.75 Å². The van der Waals surface area contributed by atoms with Crippen molar-refractivity contribution in [2.75, 3.05) is 0 Å². The second-order valence-corrected chi connectivity index (χ2v) is 4.98.